The first-order valence-electron chi connectivity index (χ1n) is 5.02. The molecule has 1 heterocycles. The van der Waals surface area contributed by atoms with E-state index in [1.807, 2.05) is 0 Å². The molecule has 7 heteroatoms. The number of nitrogens with zero attached hydrogens (tertiary/aromatic N) is 3. The highest BCUT2D eigenvalue weighted by Crippen LogP contribution is 2.22. The van der Waals surface area contributed by atoms with Gasteiger partial charge in [0.2, 0.25) is 0 Å². The lowest BCUT2D eigenvalue weighted by Gasteiger charge is -2.04. The van der Waals surface area contributed by atoms with Crippen LogP contribution in [0.3, 0.4) is 0 Å². The monoisotopic (exact) mass is 244 g/mol. The molecule has 0 saturated heterocycles. The molecule has 0 saturated carbocycles. The van der Waals surface area contributed by atoms with Gasteiger partial charge in [-0.25, -0.2) is 0 Å². The quantitative estimate of drug-likeness (QED) is 0.651. The Balaban J connectivity index is 2.15. The number of nitro benzene ring substituents is 1. The summed E-state index contributed by atoms with van der Waals surface area (Å²) in [5.41, 5.74) is 0.416. The van der Waals surface area contributed by atoms with E-state index in [-0.39, 0.29) is 11.3 Å². The van der Waals surface area contributed by atoms with E-state index in [0.717, 1.165) is 0 Å². The number of hydrogen-bond acceptors (Lipinski definition) is 6. The molecular weight excluding hydrogens is 236 g/mol. The summed E-state index contributed by atoms with van der Waals surface area (Å²) >= 11 is 0. The van der Waals surface area contributed by atoms with Crippen LogP contribution in [0.15, 0.2) is 35.0 Å². The maximum absolute atomic E-state index is 10.6. The lowest BCUT2D eigenvalue weighted by Crippen LogP contribution is -2.00. The maximum Gasteiger partial charge on any atom is 0.287 e. The Morgan fingerprint density at radius 2 is 2.33 bits per heavy atom. The number of nitrogens with one attached hydrogen (secondary N) is 1. The zero-order chi connectivity index (χ0) is 13.0. The first kappa shape index (κ1) is 11.6. The van der Waals surface area contributed by atoms with E-state index in [2.05, 4.69) is 10.5 Å². The Morgan fingerprint density at radius 1 is 1.50 bits per heavy atom. The molecule has 0 amide bonds. The van der Waals surface area contributed by atoms with Crippen LogP contribution in [-0.4, -0.2) is 10.1 Å². The van der Waals surface area contributed by atoms with Gasteiger partial charge in [0.25, 0.3) is 5.69 Å². The average molecular weight is 244 g/mol. The molecule has 2 rings (SSSR count). The van der Waals surface area contributed by atoms with Gasteiger partial charge in [0.1, 0.15) is 11.6 Å². The smallest absolute Gasteiger partial charge is 0.287 e. The van der Waals surface area contributed by atoms with Crippen LogP contribution < -0.4 is 5.32 Å². The van der Waals surface area contributed by atoms with Crippen LogP contribution in [0.2, 0.25) is 0 Å². The number of anilines is 1. The summed E-state index contributed by atoms with van der Waals surface area (Å²) in [6.07, 6.45) is 1.52. The van der Waals surface area contributed by atoms with Crippen molar-refractivity contribution >= 4 is 11.4 Å². The molecule has 1 aromatic carbocycles. The van der Waals surface area contributed by atoms with Crippen molar-refractivity contribution in [2.75, 3.05) is 5.32 Å². The standard InChI is InChI=1S/C11H8N4O3/c12-6-8-5-9(1-2-11(8)15(16)17)13-7-10-3-4-14-18-10/h1-5,13H,7H2. The number of hydrogen-bond donors (Lipinski definition) is 1. The molecule has 0 spiro atoms. The second-order valence-corrected chi connectivity index (χ2v) is 3.43. The first-order chi connectivity index (χ1) is 8.70. The Kier molecular flexibility index (Phi) is 3.20. The van der Waals surface area contributed by atoms with Crippen LogP contribution in [0.5, 0.6) is 0 Å². The lowest BCUT2D eigenvalue weighted by molar-refractivity contribution is -0.385. The third-order valence-electron chi connectivity index (χ3n) is 2.27. The molecule has 0 aliphatic carbocycles. The highest BCUT2D eigenvalue weighted by molar-refractivity contribution is 5.58. The molecule has 1 aromatic heterocycles. The van der Waals surface area contributed by atoms with E-state index in [1.165, 1.54) is 24.4 Å². The SMILES string of the molecule is N#Cc1cc(NCc2ccno2)ccc1[N+](=O)[O-]. The van der Waals surface area contributed by atoms with Crippen LogP contribution in [0.1, 0.15) is 11.3 Å². The van der Waals surface area contributed by atoms with Crippen molar-refractivity contribution in [3.63, 3.8) is 0 Å². The highest BCUT2D eigenvalue weighted by Gasteiger charge is 2.13. The lowest BCUT2D eigenvalue weighted by atomic mass is 10.1. The molecule has 0 fully saturated rings. The predicted molar refractivity (Wildman–Crippen MR) is 61.6 cm³/mol. The fourth-order valence-corrected chi connectivity index (χ4v) is 1.42. The van der Waals surface area contributed by atoms with Gasteiger partial charge < -0.3 is 9.84 Å². The van der Waals surface area contributed by atoms with Crippen molar-refractivity contribution in [2.45, 2.75) is 6.54 Å². The third kappa shape index (κ3) is 2.44. The second-order valence-electron chi connectivity index (χ2n) is 3.43. The van der Waals surface area contributed by atoms with E-state index in [0.29, 0.717) is 18.0 Å². The topological polar surface area (TPSA) is 105 Å². The van der Waals surface area contributed by atoms with Crippen LogP contribution in [0.25, 0.3) is 0 Å². The molecule has 7 nitrogen and oxygen atoms in total. The molecule has 0 radical (unpaired) electrons. The van der Waals surface area contributed by atoms with E-state index in [4.69, 9.17) is 9.78 Å². The molecule has 90 valence electrons. The summed E-state index contributed by atoms with van der Waals surface area (Å²) in [5.74, 6) is 0.631. The Morgan fingerprint density at radius 3 is 2.94 bits per heavy atom. The average Bonchev–Trinajstić information content (AvgIpc) is 2.88. The molecule has 2 aromatic rings. The van der Waals surface area contributed by atoms with Crippen LogP contribution in [0.4, 0.5) is 11.4 Å². The van der Waals surface area contributed by atoms with Gasteiger partial charge in [0.05, 0.1) is 17.7 Å². The van der Waals surface area contributed by atoms with Gasteiger partial charge in [0.15, 0.2) is 5.76 Å². The summed E-state index contributed by atoms with van der Waals surface area (Å²) in [4.78, 5) is 10.1. The minimum Gasteiger partial charge on any atom is -0.378 e. The number of nitro groups is 1. The number of rotatable bonds is 4. The van der Waals surface area contributed by atoms with E-state index in [9.17, 15) is 10.1 Å². The third-order valence-corrected chi connectivity index (χ3v) is 2.27. The Labute approximate surface area is 102 Å². The largest absolute Gasteiger partial charge is 0.378 e. The molecule has 0 atom stereocenters. The molecule has 18 heavy (non-hydrogen) atoms. The summed E-state index contributed by atoms with van der Waals surface area (Å²) in [7, 11) is 0. The zero-order valence-corrected chi connectivity index (χ0v) is 9.16. The zero-order valence-electron chi connectivity index (χ0n) is 9.16. The first-order valence-corrected chi connectivity index (χ1v) is 5.02. The van der Waals surface area contributed by atoms with Gasteiger partial charge in [-0.05, 0) is 12.1 Å². The van der Waals surface area contributed by atoms with Gasteiger partial charge >= 0.3 is 0 Å². The van der Waals surface area contributed by atoms with Crippen molar-refractivity contribution < 1.29 is 9.45 Å². The fourth-order valence-electron chi connectivity index (χ4n) is 1.42. The maximum atomic E-state index is 10.6. The van der Waals surface area contributed by atoms with Gasteiger partial charge in [-0.1, -0.05) is 5.16 Å². The highest BCUT2D eigenvalue weighted by atomic mass is 16.6. The van der Waals surface area contributed by atoms with Gasteiger partial charge in [-0.15, -0.1) is 0 Å². The number of benzene rings is 1. The molecule has 0 aliphatic heterocycles. The Bertz CT molecular complexity index is 601. The number of nitriles is 1. The molecular formula is C11H8N4O3. The van der Waals surface area contributed by atoms with Crippen LogP contribution >= 0.6 is 0 Å². The van der Waals surface area contributed by atoms with E-state index < -0.39 is 4.92 Å². The van der Waals surface area contributed by atoms with Crippen molar-refractivity contribution in [2.24, 2.45) is 0 Å². The normalized spacial score (nSPS) is 9.72. The van der Waals surface area contributed by atoms with Crippen molar-refractivity contribution in [3.8, 4) is 6.07 Å². The van der Waals surface area contributed by atoms with Gasteiger partial charge in [0, 0.05) is 17.8 Å². The van der Waals surface area contributed by atoms with E-state index in [1.54, 1.807) is 12.1 Å². The van der Waals surface area contributed by atoms with Crippen LogP contribution in [0, 0.1) is 21.4 Å². The van der Waals surface area contributed by atoms with Crippen molar-refractivity contribution in [1.29, 1.82) is 5.26 Å². The number of aromatic nitrogens is 1. The summed E-state index contributed by atoms with van der Waals surface area (Å²) in [6.45, 7) is 0.392. The van der Waals surface area contributed by atoms with Crippen LogP contribution in [-0.2, 0) is 6.54 Å². The second kappa shape index (κ2) is 4.97. The summed E-state index contributed by atoms with van der Waals surface area (Å²) in [6, 6.07) is 7.75. The minimum absolute atomic E-state index is 0.0163. The molecule has 0 aliphatic rings. The fraction of sp³-hybridized carbons (Fsp3) is 0.0909. The van der Waals surface area contributed by atoms with Crippen molar-refractivity contribution in [3.05, 3.63) is 51.9 Å². The van der Waals surface area contributed by atoms with Gasteiger partial charge in [-0.3, -0.25) is 10.1 Å². The van der Waals surface area contributed by atoms with E-state index >= 15 is 0 Å². The molecule has 0 bridgehead atoms. The van der Waals surface area contributed by atoms with Gasteiger partial charge in [-0.2, -0.15) is 5.26 Å². The summed E-state index contributed by atoms with van der Waals surface area (Å²) < 4.78 is 4.89. The molecule has 0 unspecified atom stereocenters. The predicted octanol–water partition coefficient (Wildman–Crippen LogP) is 2.07. The molecule has 1 N–H and O–H groups in total. The minimum atomic E-state index is -0.585. The summed E-state index contributed by atoms with van der Waals surface area (Å²) in [5, 5.41) is 26.0. The Hall–Kier alpha value is -2.88. The van der Waals surface area contributed by atoms with Crippen molar-refractivity contribution in [1.82, 2.24) is 5.16 Å².